The summed E-state index contributed by atoms with van der Waals surface area (Å²) in [5, 5.41) is 0. The minimum Gasteiger partial charge on any atom is -0.379 e. The van der Waals surface area contributed by atoms with Gasteiger partial charge in [0.2, 0.25) is 0 Å². The molecule has 1 aliphatic rings. The molecule has 4 nitrogen and oxygen atoms in total. The second kappa shape index (κ2) is 3.80. The first-order chi connectivity index (χ1) is 8.08. The van der Waals surface area contributed by atoms with E-state index < -0.39 is 5.54 Å². The Hall–Kier alpha value is -0.910. The lowest BCUT2D eigenvalue weighted by atomic mass is 10.00. The van der Waals surface area contributed by atoms with Gasteiger partial charge in [0.15, 0.2) is 0 Å². The molecular formula is C12H14BrN3O. The highest BCUT2D eigenvalue weighted by molar-refractivity contribution is 9.10. The molecule has 17 heavy (non-hydrogen) atoms. The summed E-state index contributed by atoms with van der Waals surface area (Å²) in [6, 6.07) is 4.08. The first-order valence-corrected chi connectivity index (χ1v) is 6.41. The topological polar surface area (TPSA) is 63.9 Å². The first-order valence-electron chi connectivity index (χ1n) is 5.61. The van der Waals surface area contributed by atoms with E-state index >= 15 is 0 Å². The lowest BCUT2D eigenvalue weighted by Crippen LogP contribution is -2.38. The fraction of sp³-hybridized carbons (Fsp3) is 0.417. The Balaban J connectivity index is 2.16. The van der Waals surface area contributed by atoms with E-state index in [1.54, 1.807) is 0 Å². The van der Waals surface area contributed by atoms with Crippen molar-refractivity contribution in [2.75, 3.05) is 13.2 Å². The normalized spacial score (nSPS) is 24.6. The number of ether oxygens (including phenoxy) is 1. The van der Waals surface area contributed by atoms with Gasteiger partial charge in [-0.2, -0.15) is 0 Å². The van der Waals surface area contributed by atoms with Gasteiger partial charge in [0.1, 0.15) is 11.4 Å². The van der Waals surface area contributed by atoms with E-state index in [0.717, 1.165) is 33.3 Å². The molecule has 0 aliphatic carbocycles. The fourth-order valence-corrected chi connectivity index (χ4v) is 2.82. The molecule has 0 radical (unpaired) electrons. The highest BCUT2D eigenvalue weighted by atomic mass is 79.9. The Morgan fingerprint density at radius 3 is 3.06 bits per heavy atom. The zero-order valence-corrected chi connectivity index (χ0v) is 11.2. The van der Waals surface area contributed by atoms with E-state index in [1.807, 2.05) is 13.0 Å². The standard InChI is InChI=1S/C12H14BrN3O/c1-7-4-8(13)5-9-10(7)16-11(15-9)12(14)2-3-17-6-12/h4-5H,2-3,6,14H2,1H3,(H,15,16). The van der Waals surface area contributed by atoms with E-state index in [1.165, 1.54) is 0 Å². The van der Waals surface area contributed by atoms with Gasteiger partial charge in [-0.3, -0.25) is 0 Å². The number of nitrogens with two attached hydrogens (primary N) is 1. The summed E-state index contributed by atoms with van der Waals surface area (Å²) in [5.74, 6) is 0.825. The third-order valence-corrected chi connectivity index (χ3v) is 3.72. The number of nitrogens with zero attached hydrogens (tertiary/aromatic N) is 1. The van der Waals surface area contributed by atoms with Gasteiger partial charge in [-0.25, -0.2) is 4.98 Å². The van der Waals surface area contributed by atoms with Crippen LogP contribution in [0.1, 0.15) is 17.8 Å². The van der Waals surface area contributed by atoms with Gasteiger partial charge in [-0.05, 0) is 31.0 Å². The average molecular weight is 296 g/mol. The van der Waals surface area contributed by atoms with Gasteiger partial charge in [0.25, 0.3) is 0 Å². The molecule has 3 N–H and O–H groups in total. The molecule has 0 saturated carbocycles. The fourth-order valence-electron chi connectivity index (χ4n) is 2.25. The van der Waals surface area contributed by atoms with Gasteiger partial charge < -0.3 is 15.5 Å². The highest BCUT2D eigenvalue weighted by Gasteiger charge is 2.35. The third-order valence-electron chi connectivity index (χ3n) is 3.27. The summed E-state index contributed by atoms with van der Waals surface area (Å²) in [4.78, 5) is 7.94. The highest BCUT2D eigenvalue weighted by Crippen LogP contribution is 2.29. The van der Waals surface area contributed by atoms with Crippen molar-refractivity contribution in [3.05, 3.63) is 28.0 Å². The number of hydrogen-bond acceptors (Lipinski definition) is 3. The Morgan fingerprint density at radius 2 is 2.35 bits per heavy atom. The number of halogens is 1. The van der Waals surface area contributed by atoms with Gasteiger partial charge >= 0.3 is 0 Å². The molecule has 2 aromatic rings. The molecule has 0 amide bonds. The Kier molecular flexibility index (Phi) is 2.50. The monoisotopic (exact) mass is 295 g/mol. The average Bonchev–Trinajstić information content (AvgIpc) is 2.84. The number of nitrogens with one attached hydrogen (secondary N) is 1. The number of aromatic amines is 1. The summed E-state index contributed by atoms with van der Waals surface area (Å²) in [6.07, 6.45) is 0.813. The van der Waals surface area contributed by atoms with Crippen LogP contribution in [-0.4, -0.2) is 23.2 Å². The van der Waals surface area contributed by atoms with Crippen molar-refractivity contribution >= 4 is 27.0 Å². The van der Waals surface area contributed by atoms with Crippen LogP contribution in [0.25, 0.3) is 11.0 Å². The molecule has 1 aromatic carbocycles. The molecule has 1 atom stereocenters. The van der Waals surface area contributed by atoms with Crippen molar-refractivity contribution < 1.29 is 4.74 Å². The minimum absolute atomic E-state index is 0.460. The smallest absolute Gasteiger partial charge is 0.129 e. The number of H-pyrrole nitrogens is 1. The van der Waals surface area contributed by atoms with Crippen LogP contribution < -0.4 is 5.73 Å². The van der Waals surface area contributed by atoms with E-state index in [2.05, 4.69) is 32.0 Å². The van der Waals surface area contributed by atoms with Gasteiger partial charge in [0.05, 0.1) is 17.6 Å². The quantitative estimate of drug-likeness (QED) is 0.848. The maximum atomic E-state index is 6.30. The first kappa shape index (κ1) is 11.2. The number of fused-ring (bicyclic) bond motifs is 1. The molecule has 1 fully saturated rings. The van der Waals surface area contributed by atoms with Crippen molar-refractivity contribution in [1.29, 1.82) is 0 Å². The number of aryl methyl sites for hydroxylation is 1. The molecule has 1 unspecified atom stereocenters. The molecule has 0 bridgehead atoms. The second-order valence-electron chi connectivity index (χ2n) is 4.66. The number of benzene rings is 1. The van der Waals surface area contributed by atoms with Crippen LogP contribution in [0, 0.1) is 6.92 Å². The third kappa shape index (κ3) is 1.78. The van der Waals surface area contributed by atoms with Crippen molar-refractivity contribution in [3.63, 3.8) is 0 Å². The lowest BCUT2D eigenvalue weighted by Gasteiger charge is -2.17. The zero-order valence-electron chi connectivity index (χ0n) is 9.59. The SMILES string of the molecule is Cc1cc(Br)cc2[nH]c(C3(N)CCOC3)nc12. The van der Waals surface area contributed by atoms with Crippen molar-refractivity contribution in [1.82, 2.24) is 9.97 Å². The summed E-state index contributed by atoms with van der Waals surface area (Å²) < 4.78 is 6.42. The predicted octanol–water partition coefficient (Wildman–Crippen LogP) is 2.21. The molecule has 5 heteroatoms. The van der Waals surface area contributed by atoms with Crippen LogP contribution >= 0.6 is 15.9 Å². The maximum Gasteiger partial charge on any atom is 0.129 e. The van der Waals surface area contributed by atoms with E-state index in [0.29, 0.717) is 13.2 Å². The van der Waals surface area contributed by atoms with Crippen molar-refractivity contribution in [2.45, 2.75) is 18.9 Å². The van der Waals surface area contributed by atoms with Crippen LogP contribution in [-0.2, 0) is 10.3 Å². The van der Waals surface area contributed by atoms with Crippen LogP contribution in [0.15, 0.2) is 16.6 Å². The zero-order chi connectivity index (χ0) is 12.0. The lowest BCUT2D eigenvalue weighted by molar-refractivity contribution is 0.176. The molecule has 1 saturated heterocycles. The Bertz CT molecular complexity index is 572. The number of aromatic nitrogens is 2. The van der Waals surface area contributed by atoms with E-state index in [-0.39, 0.29) is 0 Å². The van der Waals surface area contributed by atoms with E-state index in [9.17, 15) is 0 Å². The molecular weight excluding hydrogens is 282 g/mol. The van der Waals surface area contributed by atoms with Crippen LogP contribution in [0.2, 0.25) is 0 Å². The predicted molar refractivity (Wildman–Crippen MR) is 69.8 cm³/mol. The minimum atomic E-state index is -0.460. The molecule has 0 spiro atoms. The maximum absolute atomic E-state index is 6.30. The van der Waals surface area contributed by atoms with Crippen LogP contribution in [0.3, 0.4) is 0 Å². The second-order valence-corrected chi connectivity index (χ2v) is 5.58. The molecule has 1 aromatic heterocycles. The van der Waals surface area contributed by atoms with Gasteiger partial charge in [-0.15, -0.1) is 0 Å². The van der Waals surface area contributed by atoms with Crippen LogP contribution in [0.4, 0.5) is 0 Å². The molecule has 2 heterocycles. The van der Waals surface area contributed by atoms with Crippen molar-refractivity contribution in [2.24, 2.45) is 5.73 Å². The largest absolute Gasteiger partial charge is 0.379 e. The number of hydrogen-bond donors (Lipinski definition) is 2. The van der Waals surface area contributed by atoms with Crippen molar-refractivity contribution in [3.8, 4) is 0 Å². The van der Waals surface area contributed by atoms with E-state index in [4.69, 9.17) is 10.5 Å². The summed E-state index contributed by atoms with van der Waals surface area (Å²) in [7, 11) is 0. The van der Waals surface area contributed by atoms with Gasteiger partial charge in [0, 0.05) is 11.1 Å². The Morgan fingerprint density at radius 1 is 1.53 bits per heavy atom. The van der Waals surface area contributed by atoms with Gasteiger partial charge in [-0.1, -0.05) is 15.9 Å². The molecule has 90 valence electrons. The molecule has 1 aliphatic heterocycles. The number of imidazole rings is 1. The number of rotatable bonds is 1. The summed E-state index contributed by atoms with van der Waals surface area (Å²) in [6.45, 7) is 3.29. The van der Waals surface area contributed by atoms with Crippen LogP contribution in [0.5, 0.6) is 0 Å². The Labute approximate surface area is 108 Å². The molecule has 3 rings (SSSR count). The summed E-state index contributed by atoms with van der Waals surface area (Å²) in [5.41, 5.74) is 8.98. The summed E-state index contributed by atoms with van der Waals surface area (Å²) >= 11 is 3.49.